The molecule has 1 aromatic carbocycles. The van der Waals surface area contributed by atoms with Gasteiger partial charge in [0.05, 0.1) is 18.1 Å². The predicted molar refractivity (Wildman–Crippen MR) is 71.2 cm³/mol. The zero-order valence-electron chi connectivity index (χ0n) is 11.2. The van der Waals surface area contributed by atoms with Crippen LogP contribution in [-0.4, -0.2) is 37.2 Å². The maximum Gasteiger partial charge on any atom is 0.335 e. The van der Waals surface area contributed by atoms with Crippen molar-refractivity contribution < 1.29 is 19.4 Å². The van der Waals surface area contributed by atoms with Gasteiger partial charge in [-0.15, -0.1) is 0 Å². The number of rotatable bonds is 7. The number of carbonyl (C=O) groups excluding carboxylic acids is 1. The van der Waals surface area contributed by atoms with Gasteiger partial charge in [0.15, 0.2) is 0 Å². The summed E-state index contributed by atoms with van der Waals surface area (Å²) in [6.07, 6.45) is 0.604. The van der Waals surface area contributed by atoms with Crippen molar-refractivity contribution in [1.29, 1.82) is 0 Å². The molecule has 0 aliphatic carbocycles. The molecule has 1 aromatic rings. The number of carboxylic acids is 1. The zero-order valence-corrected chi connectivity index (χ0v) is 11.2. The standard InChI is InChI=1S/C14H19NO4/c1-10(9-19-2)13(16)15-7-6-11-4-3-5-12(8-11)14(17)18/h3-5,8,10H,6-7,9H2,1-2H3,(H,15,16)(H,17,18). The van der Waals surface area contributed by atoms with Crippen LogP contribution in [0.2, 0.25) is 0 Å². The Bertz CT molecular complexity index is 445. The summed E-state index contributed by atoms with van der Waals surface area (Å²) in [6.45, 7) is 2.67. The Balaban J connectivity index is 2.43. The van der Waals surface area contributed by atoms with Crippen LogP contribution in [0.4, 0.5) is 0 Å². The van der Waals surface area contributed by atoms with Gasteiger partial charge in [0.1, 0.15) is 0 Å². The summed E-state index contributed by atoms with van der Waals surface area (Å²) in [7, 11) is 1.56. The molecule has 0 bridgehead atoms. The summed E-state index contributed by atoms with van der Waals surface area (Å²) in [5.41, 5.74) is 1.15. The minimum absolute atomic E-state index is 0.0590. The molecular formula is C14H19NO4. The minimum Gasteiger partial charge on any atom is -0.478 e. The monoisotopic (exact) mass is 265 g/mol. The normalized spacial score (nSPS) is 11.9. The van der Waals surface area contributed by atoms with Crippen LogP contribution >= 0.6 is 0 Å². The Kier molecular flexibility index (Phi) is 6.02. The first-order valence-corrected chi connectivity index (χ1v) is 6.13. The Labute approximate surface area is 112 Å². The Hall–Kier alpha value is -1.88. The molecule has 1 rings (SSSR count). The molecule has 1 unspecified atom stereocenters. The van der Waals surface area contributed by atoms with E-state index in [1.54, 1.807) is 32.2 Å². The fourth-order valence-corrected chi connectivity index (χ4v) is 1.69. The number of methoxy groups -OCH3 is 1. The molecule has 0 saturated heterocycles. The van der Waals surface area contributed by atoms with Crippen LogP contribution in [-0.2, 0) is 16.0 Å². The highest BCUT2D eigenvalue weighted by Crippen LogP contribution is 2.06. The maximum absolute atomic E-state index is 11.6. The SMILES string of the molecule is COCC(C)C(=O)NCCc1cccc(C(=O)O)c1. The highest BCUT2D eigenvalue weighted by Gasteiger charge is 2.11. The minimum atomic E-state index is -0.945. The predicted octanol–water partition coefficient (Wildman–Crippen LogP) is 1.33. The third-order valence-corrected chi connectivity index (χ3v) is 2.75. The molecule has 0 saturated carbocycles. The molecule has 0 aliphatic rings. The summed E-state index contributed by atoms with van der Waals surface area (Å²) >= 11 is 0. The molecule has 19 heavy (non-hydrogen) atoms. The van der Waals surface area contributed by atoms with E-state index in [2.05, 4.69) is 5.32 Å². The van der Waals surface area contributed by atoms with E-state index in [0.29, 0.717) is 19.6 Å². The van der Waals surface area contributed by atoms with Gasteiger partial charge in [0.25, 0.3) is 0 Å². The van der Waals surface area contributed by atoms with Crippen molar-refractivity contribution in [3.05, 3.63) is 35.4 Å². The van der Waals surface area contributed by atoms with Gasteiger partial charge in [-0.2, -0.15) is 0 Å². The Morgan fingerprint density at radius 3 is 2.79 bits per heavy atom. The van der Waals surface area contributed by atoms with E-state index < -0.39 is 5.97 Å². The van der Waals surface area contributed by atoms with Crippen LogP contribution in [0, 0.1) is 5.92 Å². The van der Waals surface area contributed by atoms with Crippen LogP contribution in [0.3, 0.4) is 0 Å². The molecule has 5 nitrogen and oxygen atoms in total. The second-order valence-corrected chi connectivity index (χ2v) is 4.40. The first-order chi connectivity index (χ1) is 9.04. The molecule has 0 aromatic heterocycles. The van der Waals surface area contributed by atoms with Crippen LogP contribution in [0.25, 0.3) is 0 Å². The molecule has 0 spiro atoms. The number of benzene rings is 1. The number of amides is 1. The van der Waals surface area contributed by atoms with Gasteiger partial charge in [-0.3, -0.25) is 4.79 Å². The van der Waals surface area contributed by atoms with Crippen molar-refractivity contribution in [2.75, 3.05) is 20.3 Å². The molecule has 1 amide bonds. The lowest BCUT2D eigenvalue weighted by Crippen LogP contribution is -2.32. The van der Waals surface area contributed by atoms with Crippen molar-refractivity contribution in [3.63, 3.8) is 0 Å². The van der Waals surface area contributed by atoms with E-state index >= 15 is 0 Å². The second-order valence-electron chi connectivity index (χ2n) is 4.40. The highest BCUT2D eigenvalue weighted by atomic mass is 16.5. The van der Waals surface area contributed by atoms with E-state index in [-0.39, 0.29) is 17.4 Å². The number of nitrogens with one attached hydrogen (secondary N) is 1. The van der Waals surface area contributed by atoms with E-state index in [4.69, 9.17) is 9.84 Å². The lowest BCUT2D eigenvalue weighted by Gasteiger charge is -2.11. The maximum atomic E-state index is 11.6. The molecule has 0 heterocycles. The molecule has 5 heteroatoms. The quantitative estimate of drug-likeness (QED) is 0.779. The topological polar surface area (TPSA) is 75.6 Å². The molecule has 104 valence electrons. The summed E-state index contributed by atoms with van der Waals surface area (Å²) in [5.74, 6) is -1.19. The zero-order chi connectivity index (χ0) is 14.3. The van der Waals surface area contributed by atoms with Gasteiger partial charge < -0.3 is 15.2 Å². The smallest absolute Gasteiger partial charge is 0.335 e. The fourth-order valence-electron chi connectivity index (χ4n) is 1.69. The van der Waals surface area contributed by atoms with E-state index in [9.17, 15) is 9.59 Å². The number of carboxylic acid groups (broad SMARTS) is 1. The van der Waals surface area contributed by atoms with Gasteiger partial charge in [-0.1, -0.05) is 19.1 Å². The van der Waals surface area contributed by atoms with Crippen LogP contribution in [0.5, 0.6) is 0 Å². The number of aromatic carboxylic acids is 1. The first-order valence-electron chi connectivity index (χ1n) is 6.13. The number of hydrogen-bond donors (Lipinski definition) is 2. The van der Waals surface area contributed by atoms with Gasteiger partial charge in [-0.25, -0.2) is 4.79 Å². The van der Waals surface area contributed by atoms with Crippen LogP contribution < -0.4 is 5.32 Å². The third kappa shape index (κ3) is 5.09. The number of ether oxygens (including phenoxy) is 1. The van der Waals surface area contributed by atoms with E-state index in [0.717, 1.165) is 5.56 Å². The summed E-state index contributed by atoms with van der Waals surface area (Å²) < 4.78 is 4.91. The van der Waals surface area contributed by atoms with Crippen molar-refractivity contribution >= 4 is 11.9 Å². The van der Waals surface area contributed by atoms with Crippen molar-refractivity contribution in [1.82, 2.24) is 5.32 Å². The molecule has 0 fully saturated rings. The molecular weight excluding hydrogens is 246 g/mol. The highest BCUT2D eigenvalue weighted by molar-refractivity contribution is 5.87. The first kappa shape index (κ1) is 15.2. The lowest BCUT2D eigenvalue weighted by molar-refractivity contribution is -0.125. The van der Waals surface area contributed by atoms with Crippen molar-refractivity contribution in [2.24, 2.45) is 5.92 Å². The summed E-state index contributed by atoms with van der Waals surface area (Å²) in [4.78, 5) is 22.4. The van der Waals surface area contributed by atoms with Crippen LogP contribution in [0.1, 0.15) is 22.8 Å². The van der Waals surface area contributed by atoms with Gasteiger partial charge in [0, 0.05) is 13.7 Å². The molecule has 1 atom stereocenters. The van der Waals surface area contributed by atoms with Crippen molar-refractivity contribution in [3.8, 4) is 0 Å². The summed E-state index contributed by atoms with van der Waals surface area (Å²) in [5, 5.41) is 11.7. The third-order valence-electron chi connectivity index (χ3n) is 2.75. The lowest BCUT2D eigenvalue weighted by atomic mass is 10.1. The average Bonchev–Trinajstić information content (AvgIpc) is 2.39. The average molecular weight is 265 g/mol. The van der Waals surface area contributed by atoms with Crippen LogP contribution in [0.15, 0.2) is 24.3 Å². The largest absolute Gasteiger partial charge is 0.478 e. The Morgan fingerprint density at radius 1 is 1.42 bits per heavy atom. The van der Waals surface area contributed by atoms with Gasteiger partial charge in [-0.05, 0) is 24.1 Å². The van der Waals surface area contributed by atoms with Gasteiger partial charge in [0.2, 0.25) is 5.91 Å². The van der Waals surface area contributed by atoms with E-state index in [1.807, 2.05) is 6.07 Å². The summed E-state index contributed by atoms with van der Waals surface area (Å²) in [6, 6.07) is 6.71. The molecule has 0 aliphatic heterocycles. The molecule has 2 N–H and O–H groups in total. The van der Waals surface area contributed by atoms with Gasteiger partial charge >= 0.3 is 5.97 Å². The number of hydrogen-bond acceptors (Lipinski definition) is 3. The Morgan fingerprint density at radius 2 is 2.16 bits per heavy atom. The fraction of sp³-hybridized carbons (Fsp3) is 0.429. The number of carbonyl (C=O) groups is 2. The van der Waals surface area contributed by atoms with E-state index in [1.165, 1.54) is 0 Å². The second kappa shape index (κ2) is 7.53. The molecule has 0 radical (unpaired) electrons. The van der Waals surface area contributed by atoms with Crippen molar-refractivity contribution in [2.45, 2.75) is 13.3 Å².